The van der Waals surface area contributed by atoms with E-state index in [-0.39, 0.29) is 31.1 Å². The van der Waals surface area contributed by atoms with Gasteiger partial charge in [-0.15, -0.1) is 0 Å². The SMILES string of the molecule is C[C@@H]1O[C@@H](O[C@@H]2C[C@H](CO)O[C@@H](OCCc3ccc(O)c(O)c3)[C@@H]2O)[C@H](O)[C@H](O)[C@H]1O. The molecule has 31 heavy (non-hydrogen) atoms. The van der Waals surface area contributed by atoms with Gasteiger partial charge in [-0.25, -0.2) is 0 Å². The zero-order valence-electron chi connectivity index (χ0n) is 17.0. The zero-order valence-corrected chi connectivity index (χ0v) is 17.0. The van der Waals surface area contributed by atoms with Gasteiger partial charge in [-0.1, -0.05) is 6.07 Å². The Morgan fingerprint density at radius 3 is 2.35 bits per heavy atom. The van der Waals surface area contributed by atoms with E-state index < -0.39 is 55.3 Å². The molecule has 0 amide bonds. The van der Waals surface area contributed by atoms with E-state index in [9.17, 15) is 35.7 Å². The maximum atomic E-state index is 10.6. The van der Waals surface area contributed by atoms with Gasteiger partial charge in [0.25, 0.3) is 0 Å². The number of aliphatic hydroxyl groups is 5. The van der Waals surface area contributed by atoms with Gasteiger partial charge in [0.2, 0.25) is 0 Å². The van der Waals surface area contributed by atoms with Crippen LogP contribution in [0, 0.1) is 0 Å². The molecule has 0 spiro atoms. The molecular formula is C20H30O11. The summed E-state index contributed by atoms with van der Waals surface area (Å²) in [6.07, 6.45) is -10.0. The molecule has 2 aliphatic heterocycles. The van der Waals surface area contributed by atoms with Gasteiger partial charge < -0.3 is 54.7 Å². The quantitative estimate of drug-likeness (QED) is 0.238. The molecule has 3 rings (SSSR count). The number of hydrogen-bond acceptors (Lipinski definition) is 11. The van der Waals surface area contributed by atoms with Gasteiger partial charge in [0.05, 0.1) is 31.5 Å². The topological polar surface area (TPSA) is 179 Å². The monoisotopic (exact) mass is 446 g/mol. The number of aromatic hydroxyl groups is 2. The van der Waals surface area contributed by atoms with Crippen molar-refractivity contribution in [3.05, 3.63) is 23.8 Å². The van der Waals surface area contributed by atoms with Crippen molar-refractivity contribution in [3.63, 3.8) is 0 Å². The lowest BCUT2D eigenvalue weighted by atomic mass is 9.99. The van der Waals surface area contributed by atoms with Crippen molar-refractivity contribution in [2.45, 2.75) is 75.1 Å². The van der Waals surface area contributed by atoms with Crippen LogP contribution in [0.4, 0.5) is 0 Å². The van der Waals surface area contributed by atoms with Crippen LogP contribution in [0.25, 0.3) is 0 Å². The van der Waals surface area contributed by atoms with Crippen LogP contribution in [-0.4, -0.2) is 104 Å². The molecule has 2 saturated heterocycles. The van der Waals surface area contributed by atoms with Crippen molar-refractivity contribution in [3.8, 4) is 11.5 Å². The van der Waals surface area contributed by atoms with E-state index in [4.69, 9.17) is 18.9 Å². The Morgan fingerprint density at radius 1 is 0.935 bits per heavy atom. The largest absolute Gasteiger partial charge is 0.504 e. The number of phenolic OH excluding ortho intramolecular Hbond substituents is 2. The predicted octanol–water partition coefficient (Wildman–Crippen LogP) is -1.66. The Balaban J connectivity index is 1.59. The number of hydrogen-bond donors (Lipinski definition) is 7. The minimum atomic E-state index is -1.53. The molecule has 2 fully saturated rings. The van der Waals surface area contributed by atoms with Crippen molar-refractivity contribution in [1.29, 1.82) is 0 Å². The van der Waals surface area contributed by atoms with E-state index >= 15 is 0 Å². The number of aliphatic hydroxyl groups excluding tert-OH is 5. The third kappa shape index (κ3) is 5.64. The molecule has 0 bridgehead atoms. The highest BCUT2D eigenvalue weighted by Crippen LogP contribution is 2.29. The fraction of sp³-hybridized carbons (Fsp3) is 0.700. The molecule has 176 valence electrons. The van der Waals surface area contributed by atoms with Crippen LogP contribution in [0.5, 0.6) is 11.5 Å². The van der Waals surface area contributed by atoms with Crippen LogP contribution in [0.1, 0.15) is 18.9 Å². The summed E-state index contributed by atoms with van der Waals surface area (Å²) in [5.74, 6) is -0.492. The van der Waals surface area contributed by atoms with Gasteiger partial charge in [0, 0.05) is 6.42 Å². The second-order valence-electron chi connectivity index (χ2n) is 7.84. The summed E-state index contributed by atoms with van der Waals surface area (Å²) in [6, 6.07) is 4.35. The molecule has 2 aliphatic rings. The van der Waals surface area contributed by atoms with E-state index in [1.165, 1.54) is 19.1 Å². The second kappa shape index (κ2) is 10.4. The fourth-order valence-corrected chi connectivity index (χ4v) is 3.61. The van der Waals surface area contributed by atoms with Gasteiger partial charge in [-0.05, 0) is 31.0 Å². The average molecular weight is 446 g/mol. The molecule has 0 radical (unpaired) electrons. The summed E-state index contributed by atoms with van der Waals surface area (Å²) in [4.78, 5) is 0. The molecule has 7 N–H and O–H groups in total. The van der Waals surface area contributed by atoms with Crippen LogP contribution < -0.4 is 0 Å². The Hall–Kier alpha value is -1.54. The minimum absolute atomic E-state index is 0.0863. The predicted molar refractivity (Wildman–Crippen MR) is 103 cm³/mol. The molecule has 0 aliphatic carbocycles. The summed E-state index contributed by atoms with van der Waals surface area (Å²) >= 11 is 0. The second-order valence-corrected chi connectivity index (χ2v) is 7.84. The lowest BCUT2D eigenvalue weighted by molar-refractivity contribution is -0.339. The standard InChI is InChI=1S/C20H30O11/c1-9-15(24)17(26)18(27)20(29-9)31-14-7-11(8-21)30-19(16(14)25)28-5-4-10-2-3-12(22)13(23)6-10/h2-3,6,9,11,14-27H,4-5,7-8H2,1H3/t9-,11+,14+,15-,16+,17+,18+,19+,20-/m0/s1. The lowest BCUT2D eigenvalue weighted by Crippen LogP contribution is -2.60. The summed E-state index contributed by atoms with van der Waals surface area (Å²) in [5, 5.41) is 69.0. The van der Waals surface area contributed by atoms with Crippen molar-refractivity contribution >= 4 is 0 Å². The fourth-order valence-electron chi connectivity index (χ4n) is 3.61. The number of rotatable bonds is 7. The highest BCUT2D eigenvalue weighted by molar-refractivity contribution is 5.40. The van der Waals surface area contributed by atoms with Crippen molar-refractivity contribution < 1.29 is 54.7 Å². The summed E-state index contributed by atoms with van der Waals surface area (Å²) in [6.45, 7) is 1.26. The molecule has 11 heteroatoms. The molecule has 2 heterocycles. The van der Waals surface area contributed by atoms with Crippen molar-refractivity contribution in [2.24, 2.45) is 0 Å². The number of benzene rings is 1. The van der Waals surface area contributed by atoms with E-state index in [0.717, 1.165) is 0 Å². The Morgan fingerprint density at radius 2 is 1.68 bits per heavy atom. The lowest BCUT2D eigenvalue weighted by Gasteiger charge is -2.43. The average Bonchev–Trinajstić information content (AvgIpc) is 2.75. The van der Waals surface area contributed by atoms with E-state index in [1.807, 2.05) is 0 Å². The van der Waals surface area contributed by atoms with E-state index in [1.54, 1.807) is 6.07 Å². The minimum Gasteiger partial charge on any atom is -0.504 e. The normalized spacial score (nSPS) is 38.8. The number of ether oxygens (including phenoxy) is 4. The Bertz CT molecular complexity index is 716. The molecule has 1 aromatic rings. The first-order chi connectivity index (χ1) is 14.7. The smallest absolute Gasteiger partial charge is 0.186 e. The van der Waals surface area contributed by atoms with Gasteiger partial charge >= 0.3 is 0 Å². The first kappa shape index (κ1) is 24.1. The van der Waals surface area contributed by atoms with Gasteiger partial charge in [0.15, 0.2) is 24.1 Å². The highest BCUT2D eigenvalue weighted by atomic mass is 16.7. The van der Waals surface area contributed by atoms with Crippen LogP contribution >= 0.6 is 0 Å². The Kier molecular flexibility index (Phi) is 8.08. The van der Waals surface area contributed by atoms with Crippen LogP contribution in [0.15, 0.2) is 18.2 Å². The van der Waals surface area contributed by atoms with Crippen LogP contribution in [0.3, 0.4) is 0 Å². The third-order valence-corrected chi connectivity index (χ3v) is 5.52. The highest BCUT2D eigenvalue weighted by Gasteiger charge is 2.46. The van der Waals surface area contributed by atoms with E-state index in [0.29, 0.717) is 12.0 Å². The van der Waals surface area contributed by atoms with Gasteiger partial charge in [-0.2, -0.15) is 0 Å². The first-order valence-corrected chi connectivity index (χ1v) is 10.1. The van der Waals surface area contributed by atoms with Crippen LogP contribution in [-0.2, 0) is 25.4 Å². The maximum Gasteiger partial charge on any atom is 0.186 e. The maximum absolute atomic E-state index is 10.6. The molecule has 11 nitrogen and oxygen atoms in total. The molecular weight excluding hydrogens is 416 g/mol. The first-order valence-electron chi connectivity index (χ1n) is 10.1. The third-order valence-electron chi connectivity index (χ3n) is 5.52. The Labute approximate surface area is 179 Å². The summed E-state index contributed by atoms with van der Waals surface area (Å²) in [7, 11) is 0. The molecule has 0 saturated carbocycles. The molecule has 0 unspecified atom stereocenters. The summed E-state index contributed by atoms with van der Waals surface area (Å²) < 4.78 is 22.2. The molecule has 1 aromatic carbocycles. The van der Waals surface area contributed by atoms with Gasteiger partial charge in [0.1, 0.15) is 24.4 Å². The zero-order chi connectivity index (χ0) is 22.7. The van der Waals surface area contributed by atoms with Crippen molar-refractivity contribution in [2.75, 3.05) is 13.2 Å². The van der Waals surface area contributed by atoms with E-state index in [2.05, 4.69) is 0 Å². The van der Waals surface area contributed by atoms with Crippen LogP contribution in [0.2, 0.25) is 0 Å². The van der Waals surface area contributed by atoms with Crippen molar-refractivity contribution in [1.82, 2.24) is 0 Å². The molecule has 0 aromatic heterocycles. The molecule has 9 atom stereocenters. The number of phenols is 2. The van der Waals surface area contributed by atoms with Gasteiger partial charge in [-0.3, -0.25) is 0 Å². The summed E-state index contributed by atoms with van der Waals surface area (Å²) in [5.41, 5.74) is 0.687.